The topological polar surface area (TPSA) is 157 Å². The minimum absolute atomic E-state index is 0.0335. The maximum atomic E-state index is 13.7. The molecule has 252 valence electrons. The van der Waals surface area contributed by atoms with E-state index in [9.17, 15) is 9.59 Å². The maximum Gasteiger partial charge on any atom is 0.280 e. The largest absolute Gasteiger partial charge is 0.370 e. The number of amides is 2. The summed E-state index contributed by atoms with van der Waals surface area (Å²) in [5.41, 5.74) is 9.88. The van der Waals surface area contributed by atoms with Crippen LogP contribution in [0.15, 0.2) is 48.7 Å². The zero-order chi connectivity index (χ0) is 34.4. The summed E-state index contributed by atoms with van der Waals surface area (Å²) in [4.78, 5) is 36.0. The number of nitrogens with one attached hydrogen (secondary N) is 2. The van der Waals surface area contributed by atoms with Crippen molar-refractivity contribution >= 4 is 67.9 Å². The molecular weight excluding hydrogens is 645 g/mol. The number of pyridine rings is 1. The van der Waals surface area contributed by atoms with Crippen molar-refractivity contribution in [1.29, 1.82) is 0 Å². The average molecular weight is 687 g/mol. The van der Waals surface area contributed by atoms with E-state index in [1.165, 1.54) is 11.9 Å². The van der Waals surface area contributed by atoms with E-state index in [4.69, 9.17) is 10.7 Å². The zero-order valence-electron chi connectivity index (χ0n) is 28.2. The second-order valence-electron chi connectivity index (χ2n) is 12.9. The van der Waals surface area contributed by atoms with Gasteiger partial charge in [-0.25, -0.2) is 9.97 Å². The van der Waals surface area contributed by atoms with E-state index in [1.54, 1.807) is 17.5 Å². The van der Waals surface area contributed by atoms with Gasteiger partial charge in [0.15, 0.2) is 16.8 Å². The molecule has 0 aliphatic heterocycles. The Morgan fingerprint density at radius 2 is 1.79 bits per heavy atom. The first-order valence-electron chi connectivity index (χ1n) is 15.8. The highest BCUT2D eigenvalue weighted by Gasteiger charge is 2.23. The van der Waals surface area contributed by atoms with Crippen LogP contribution in [0.3, 0.4) is 0 Å². The van der Waals surface area contributed by atoms with Crippen molar-refractivity contribution in [2.24, 2.45) is 11.1 Å². The first kappa shape index (κ1) is 34.8. The lowest BCUT2D eigenvalue weighted by Crippen LogP contribution is -2.22. The average Bonchev–Trinajstić information content (AvgIpc) is 3.62. The van der Waals surface area contributed by atoms with Gasteiger partial charge in [-0.05, 0) is 68.0 Å². The predicted octanol–water partition coefficient (Wildman–Crippen LogP) is 6.94. The number of thiazole rings is 1. The fourth-order valence-corrected chi connectivity index (χ4v) is 6.61. The molecule has 0 fully saturated rings. The van der Waals surface area contributed by atoms with Crippen molar-refractivity contribution in [3.63, 3.8) is 0 Å². The molecule has 0 unspecified atom stereocenters. The number of nitrogens with two attached hydrogens (primary N) is 1. The first-order chi connectivity index (χ1) is 22.9. The number of benzene rings is 1. The van der Waals surface area contributed by atoms with Gasteiger partial charge in [-0.2, -0.15) is 5.10 Å². The van der Waals surface area contributed by atoms with Gasteiger partial charge in [0.1, 0.15) is 11.5 Å². The second kappa shape index (κ2) is 15.1. The summed E-state index contributed by atoms with van der Waals surface area (Å²) >= 11 is 2.88. The number of hydrogen-bond acceptors (Lipinski definition) is 11. The highest BCUT2D eigenvalue weighted by atomic mass is 32.2. The minimum Gasteiger partial charge on any atom is -0.370 e. The maximum absolute atomic E-state index is 13.7. The van der Waals surface area contributed by atoms with Crippen LogP contribution in [0.2, 0.25) is 0 Å². The van der Waals surface area contributed by atoms with Gasteiger partial charge in [-0.1, -0.05) is 62.6 Å². The third-order valence-electron chi connectivity index (χ3n) is 7.63. The fraction of sp³-hybridized carbons (Fsp3) is 0.382. The summed E-state index contributed by atoms with van der Waals surface area (Å²) < 4.78 is 6.03. The molecule has 4 heterocycles. The van der Waals surface area contributed by atoms with Gasteiger partial charge in [0.2, 0.25) is 5.91 Å². The van der Waals surface area contributed by atoms with Crippen LogP contribution in [0.1, 0.15) is 68.2 Å². The standard InChI is InChI=1S/C34H42N10O2S2/c1-21-18-29(40-41-31(21)39-33-37-25-12-9-10-13-26(25)48-33)43(6)28-16-15-23(24-19-36-44(22(24)2)20-34(3,4)5)30(38-28)32(46)42-47-17-11-7-8-14-27(35)45/h9-10,12-13,15-16,18-19H,7-8,11,14,17,20H2,1-6H3,(H2,35,45)(H,42,46)(H,37,39,41). The van der Waals surface area contributed by atoms with Crippen molar-refractivity contribution in [1.82, 2.24) is 34.7 Å². The molecule has 5 aromatic rings. The lowest BCUT2D eigenvalue weighted by Gasteiger charge is -2.20. The van der Waals surface area contributed by atoms with Crippen molar-refractivity contribution in [2.45, 2.75) is 66.8 Å². The molecule has 2 amide bonds. The summed E-state index contributed by atoms with van der Waals surface area (Å²) in [6.07, 6.45) is 4.62. The van der Waals surface area contributed by atoms with E-state index in [-0.39, 0.29) is 22.9 Å². The van der Waals surface area contributed by atoms with Crippen LogP contribution in [0, 0.1) is 19.3 Å². The molecule has 0 radical (unpaired) electrons. The van der Waals surface area contributed by atoms with Crippen molar-refractivity contribution in [2.75, 3.05) is 23.0 Å². The molecule has 4 aromatic heterocycles. The third-order valence-corrected chi connectivity index (χ3v) is 9.40. The third kappa shape index (κ3) is 8.66. The number of primary amides is 1. The van der Waals surface area contributed by atoms with Crippen molar-refractivity contribution < 1.29 is 9.59 Å². The molecule has 0 bridgehead atoms. The summed E-state index contributed by atoms with van der Waals surface area (Å²) in [6.45, 7) is 11.2. The van der Waals surface area contributed by atoms with Gasteiger partial charge in [0.05, 0.1) is 16.4 Å². The highest BCUT2D eigenvalue weighted by Crippen LogP contribution is 2.32. The normalized spacial score (nSPS) is 11.5. The molecule has 4 N–H and O–H groups in total. The first-order valence-corrected chi connectivity index (χ1v) is 17.6. The van der Waals surface area contributed by atoms with Crippen molar-refractivity contribution in [3.05, 3.63) is 65.6 Å². The number of para-hydroxylation sites is 1. The Labute approximate surface area is 289 Å². The minimum atomic E-state index is -0.303. The van der Waals surface area contributed by atoms with Crippen LogP contribution in [-0.4, -0.2) is 54.6 Å². The van der Waals surface area contributed by atoms with Gasteiger partial charge in [0, 0.05) is 42.6 Å². The van der Waals surface area contributed by atoms with Gasteiger partial charge < -0.3 is 16.0 Å². The number of hydrogen-bond donors (Lipinski definition) is 3. The van der Waals surface area contributed by atoms with E-state index in [0.29, 0.717) is 35.2 Å². The number of aryl methyl sites for hydroxylation is 1. The molecule has 1 aromatic carbocycles. The number of carbonyl (C=O) groups excluding carboxylic acids is 2. The number of rotatable bonds is 14. The Balaban J connectivity index is 1.37. The Morgan fingerprint density at radius 1 is 1.00 bits per heavy atom. The number of unbranched alkanes of at least 4 members (excludes halogenated alkanes) is 2. The smallest absolute Gasteiger partial charge is 0.280 e. The lowest BCUT2D eigenvalue weighted by molar-refractivity contribution is -0.118. The van der Waals surface area contributed by atoms with Crippen LogP contribution < -0.4 is 20.7 Å². The van der Waals surface area contributed by atoms with E-state index >= 15 is 0 Å². The zero-order valence-corrected chi connectivity index (χ0v) is 29.8. The van der Waals surface area contributed by atoms with Crippen molar-refractivity contribution in [3.8, 4) is 11.1 Å². The summed E-state index contributed by atoms with van der Waals surface area (Å²) in [5.74, 6) is 1.84. The predicted molar refractivity (Wildman–Crippen MR) is 195 cm³/mol. The molecule has 5 rings (SSSR count). The van der Waals surface area contributed by atoms with Gasteiger partial charge in [-0.15, -0.1) is 10.2 Å². The molecule has 0 aliphatic carbocycles. The Hall–Kier alpha value is -4.56. The molecule has 12 nitrogen and oxygen atoms in total. The quantitative estimate of drug-likeness (QED) is 0.0826. The molecule has 0 atom stereocenters. The van der Waals surface area contributed by atoms with Crippen LogP contribution in [-0.2, 0) is 11.3 Å². The molecule has 48 heavy (non-hydrogen) atoms. The number of aromatic nitrogens is 6. The van der Waals surface area contributed by atoms with E-state index in [0.717, 1.165) is 58.0 Å². The Morgan fingerprint density at radius 3 is 2.52 bits per heavy atom. The lowest BCUT2D eigenvalue weighted by atomic mass is 9.97. The van der Waals surface area contributed by atoms with Gasteiger partial charge >= 0.3 is 0 Å². The monoisotopic (exact) mass is 686 g/mol. The van der Waals surface area contributed by atoms with Crippen LogP contribution >= 0.6 is 23.3 Å². The molecule has 14 heteroatoms. The SMILES string of the molecule is Cc1cc(N(C)c2ccc(-c3cnn(CC(C)(C)C)c3C)c(C(=O)NSCCCCCC(N)=O)n2)nnc1Nc1nc2ccccc2s1. The van der Waals surface area contributed by atoms with Crippen LogP contribution in [0.4, 0.5) is 22.6 Å². The van der Waals surface area contributed by atoms with Gasteiger partial charge in [0.25, 0.3) is 5.91 Å². The molecular formula is C34H42N10O2S2. The summed E-state index contributed by atoms with van der Waals surface area (Å²) in [7, 11) is 1.85. The summed E-state index contributed by atoms with van der Waals surface area (Å²) in [6, 6.07) is 13.7. The molecule has 0 aliphatic rings. The van der Waals surface area contributed by atoms with Gasteiger partial charge in [-0.3, -0.25) is 19.0 Å². The molecule has 0 spiro atoms. The Bertz CT molecular complexity index is 1880. The Kier molecular flexibility index (Phi) is 10.9. The molecule has 0 saturated heterocycles. The highest BCUT2D eigenvalue weighted by molar-refractivity contribution is 7.97. The van der Waals surface area contributed by atoms with E-state index < -0.39 is 0 Å². The number of fused-ring (bicyclic) bond motifs is 1. The number of anilines is 4. The second-order valence-corrected chi connectivity index (χ2v) is 14.8. The van der Waals surface area contributed by atoms with Crippen LogP contribution in [0.5, 0.6) is 0 Å². The van der Waals surface area contributed by atoms with E-state index in [1.807, 2.05) is 72.9 Å². The fourth-order valence-electron chi connectivity index (χ4n) is 5.06. The number of nitrogens with zero attached hydrogens (tertiary/aromatic N) is 7. The molecule has 0 saturated carbocycles. The summed E-state index contributed by atoms with van der Waals surface area (Å²) in [5, 5.41) is 17.6. The van der Waals surface area contributed by atoms with E-state index in [2.05, 4.69) is 51.1 Å². The van der Waals surface area contributed by atoms with Crippen LogP contribution in [0.25, 0.3) is 21.3 Å². The number of carbonyl (C=O) groups is 2.